The van der Waals surface area contributed by atoms with Crippen molar-refractivity contribution in [3.63, 3.8) is 0 Å². The number of hydrogen-bond acceptors (Lipinski definition) is 4. The molecule has 0 aromatic heterocycles. The first kappa shape index (κ1) is 14.4. The third-order valence-electron chi connectivity index (χ3n) is 3.24. The number of esters is 1. The Bertz CT molecular complexity index is 488. The first-order valence-corrected chi connectivity index (χ1v) is 7.05. The van der Waals surface area contributed by atoms with E-state index in [1.165, 1.54) is 19.3 Å². The van der Waals surface area contributed by atoms with Gasteiger partial charge in [-0.25, -0.2) is 4.79 Å². The van der Waals surface area contributed by atoms with Crippen molar-refractivity contribution >= 4 is 11.5 Å². The van der Waals surface area contributed by atoms with E-state index >= 15 is 0 Å². The Hall–Kier alpha value is -1.97. The summed E-state index contributed by atoms with van der Waals surface area (Å²) in [7, 11) is 0. The Morgan fingerprint density at radius 2 is 1.95 bits per heavy atom. The summed E-state index contributed by atoms with van der Waals surface area (Å²) in [6, 6.07) is 7.14. The zero-order valence-corrected chi connectivity index (χ0v) is 11.7. The Balaban J connectivity index is 1.90. The van der Waals surface area contributed by atoms with Gasteiger partial charge < -0.3 is 14.6 Å². The van der Waals surface area contributed by atoms with E-state index in [9.17, 15) is 9.90 Å². The second kappa shape index (κ2) is 6.98. The van der Waals surface area contributed by atoms with Gasteiger partial charge in [-0.15, -0.1) is 0 Å². The van der Waals surface area contributed by atoms with Crippen LogP contribution in [0.3, 0.4) is 0 Å². The fourth-order valence-electron chi connectivity index (χ4n) is 2.12. The van der Waals surface area contributed by atoms with Gasteiger partial charge in [-0.2, -0.15) is 0 Å². The first-order chi connectivity index (χ1) is 9.72. The predicted molar refractivity (Wildman–Crippen MR) is 76.6 cm³/mol. The van der Waals surface area contributed by atoms with Crippen LogP contribution in [0.25, 0.3) is 5.57 Å². The lowest BCUT2D eigenvalue weighted by atomic mass is 10.1. The van der Waals surface area contributed by atoms with Crippen molar-refractivity contribution < 1.29 is 19.4 Å². The van der Waals surface area contributed by atoms with E-state index in [4.69, 9.17) is 9.47 Å². The average molecular weight is 276 g/mol. The number of benzene rings is 1. The van der Waals surface area contributed by atoms with Gasteiger partial charge in [-0.05, 0) is 24.1 Å². The molecule has 0 radical (unpaired) electrons. The smallest absolute Gasteiger partial charge is 0.342 e. The third-order valence-corrected chi connectivity index (χ3v) is 3.24. The van der Waals surface area contributed by atoms with Crippen LogP contribution >= 0.6 is 0 Å². The SMILES string of the molecule is CCCCCCOc1ccc(C2=C(O)COC2=O)cc1. The highest BCUT2D eigenvalue weighted by Gasteiger charge is 2.25. The van der Waals surface area contributed by atoms with E-state index in [0.29, 0.717) is 12.2 Å². The third kappa shape index (κ3) is 3.53. The topological polar surface area (TPSA) is 55.8 Å². The summed E-state index contributed by atoms with van der Waals surface area (Å²) in [5, 5.41) is 9.61. The van der Waals surface area contributed by atoms with Crippen molar-refractivity contribution in [1.82, 2.24) is 0 Å². The Morgan fingerprint density at radius 1 is 1.20 bits per heavy atom. The molecule has 1 aromatic carbocycles. The molecule has 1 aliphatic rings. The number of hydrogen-bond donors (Lipinski definition) is 1. The van der Waals surface area contributed by atoms with Crippen LogP contribution in [0.2, 0.25) is 0 Å². The lowest BCUT2D eigenvalue weighted by Crippen LogP contribution is -2.00. The molecule has 1 aliphatic heterocycles. The van der Waals surface area contributed by atoms with E-state index in [1.54, 1.807) is 24.3 Å². The van der Waals surface area contributed by atoms with Crippen LogP contribution < -0.4 is 4.74 Å². The minimum Gasteiger partial charge on any atom is -0.508 e. The van der Waals surface area contributed by atoms with Crippen LogP contribution in [0.1, 0.15) is 38.2 Å². The maximum absolute atomic E-state index is 11.5. The molecule has 0 unspecified atom stereocenters. The van der Waals surface area contributed by atoms with E-state index in [-0.39, 0.29) is 17.9 Å². The molecule has 108 valence electrons. The summed E-state index contributed by atoms with van der Waals surface area (Å²) < 4.78 is 10.4. The summed E-state index contributed by atoms with van der Waals surface area (Å²) in [5.74, 6) is 0.288. The van der Waals surface area contributed by atoms with Gasteiger partial charge in [0.1, 0.15) is 23.7 Å². The average Bonchev–Trinajstić information content (AvgIpc) is 2.79. The minimum atomic E-state index is -0.476. The molecule has 1 heterocycles. The van der Waals surface area contributed by atoms with Crippen molar-refractivity contribution in [2.75, 3.05) is 13.2 Å². The molecule has 1 aromatic rings. The number of carbonyl (C=O) groups is 1. The Kier molecular flexibility index (Phi) is 5.04. The van der Waals surface area contributed by atoms with E-state index in [2.05, 4.69) is 6.92 Å². The van der Waals surface area contributed by atoms with Gasteiger partial charge >= 0.3 is 5.97 Å². The molecule has 0 saturated heterocycles. The Labute approximate surface area is 119 Å². The van der Waals surface area contributed by atoms with Gasteiger partial charge in [0.25, 0.3) is 0 Å². The van der Waals surface area contributed by atoms with Gasteiger partial charge in [0.2, 0.25) is 0 Å². The fraction of sp³-hybridized carbons (Fsp3) is 0.438. The van der Waals surface area contributed by atoms with Crippen LogP contribution in [0, 0.1) is 0 Å². The molecular weight excluding hydrogens is 256 g/mol. The molecule has 0 atom stereocenters. The van der Waals surface area contributed by atoms with Crippen LogP contribution in [0.15, 0.2) is 30.0 Å². The molecule has 2 rings (SSSR count). The molecule has 0 bridgehead atoms. The zero-order valence-electron chi connectivity index (χ0n) is 11.7. The highest BCUT2D eigenvalue weighted by atomic mass is 16.5. The zero-order chi connectivity index (χ0) is 14.4. The molecule has 0 spiro atoms. The van der Waals surface area contributed by atoms with Crippen LogP contribution in [0.5, 0.6) is 5.75 Å². The monoisotopic (exact) mass is 276 g/mol. The summed E-state index contributed by atoms with van der Waals surface area (Å²) in [4.78, 5) is 11.5. The molecule has 4 nitrogen and oxygen atoms in total. The van der Waals surface area contributed by atoms with Crippen molar-refractivity contribution in [3.8, 4) is 5.75 Å². The number of ether oxygens (including phenoxy) is 2. The minimum absolute atomic E-state index is 0.0109. The predicted octanol–water partition coefficient (Wildman–Crippen LogP) is 3.47. The summed E-state index contributed by atoms with van der Waals surface area (Å²) in [6.45, 7) is 2.84. The van der Waals surface area contributed by atoms with Crippen LogP contribution in [0.4, 0.5) is 0 Å². The van der Waals surface area contributed by atoms with Crippen molar-refractivity contribution in [2.24, 2.45) is 0 Å². The number of rotatable bonds is 7. The van der Waals surface area contributed by atoms with E-state index in [1.807, 2.05) is 0 Å². The number of carbonyl (C=O) groups excluding carboxylic acids is 1. The lowest BCUT2D eigenvalue weighted by molar-refractivity contribution is -0.134. The Morgan fingerprint density at radius 3 is 2.55 bits per heavy atom. The van der Waals surface area contributed by atoms with E-state index in [0.717, 1.165) is 12.2 Å². The number of aliphatic hydroxyl groups is 1. The maximum atomic E-state index is 11.5. The van der Waals surface area contributed by atoms with Gasteiger partial charge in [0.05, 0.1) is 6.61 Å². The second-order valence-electron chi connectivity index (χ2n) is 4.83. The largest absolute Gasteiger partial charge is 0.508 e. The normalized spacial score (nSPS) is 14.6. The molecular formula is C16H20O4. The van der Waals surface area contributed by atoms with Gasteiger partial charge in [-0.1, -0.05) is 38.3 Å². The summed E-state index contributed by atoms with van der Waals surface area (Å²) in [5.41, 5.74) is 0.905. The van der Waals surface area contributed by atoms with Crippen LogP contribution in [-0.2, 0) is 9.53 Å². The van der Waals surface area contributed by atoms with Crippen molar-refractivity contribution in [1.29, 1.82) is 0 Å². The molecule has 0 amide bonds. The highest BCUT2D eigenvalue weighted by molar-refractivity contribution is 6.18. The quantitative estimate of drug-likeness (QED) is 0.612. The number of cyclic esters (lactones) is 1. The number of aliphatic hydroxyl groups excluding tert-OH is 1. The number of unbranched alkanes of at least 4 members (excludes halogenated alkanes) is 3. The van der Waals surface area contributed by atoms with Crippen LogP contribution in [-0.4, -0.2) is 24.3 Å². The fourth-order valence-corrected chi connectivity index (χ4v) is 2.12. The molecule has 4 heteroatoms. The molecule has 0 fully saturated rings. The summed E-state index contributed by atoms with van der Waals surface area (Å²) in [6.07, 6.45) is 4.68. The van der Waals surface area contributed by atoms with Gasteiger partial charge in [0.15, 0.2) is 0 Å². The van der Waals surface area contributed by atoms with Gasteiger partial charge in [0, 0.05) is 0 Å². The first-order valence-electron chi connectivity index (χ1n) is 7.05. The molecule has 20 heavy (non-hydrogen) atoms. The lowest BCUT2D eigenvalue weighted by Gasteiger charge is -2.07. The van der Waals surface area contributed by atoms with E-state index < -0.39 is 5.97 Å². The molecule has 0 saturated carbocycles. The molecule has 1 N–H and O–H groups in total. The van der Waals surface area contributed by atoms with Crippen molar-refractivity contribution in [3.05, 3.63) is 35.6 Å². The van der Waals surface area contributed by atoms with Gasteiger partial charge in [-0.3, -0.25) is 0 Å². The summed E-state index contributed by atoms with van der Waals surface area (Å²) >= 11 is 0. The second-order valence-corrected chi connectivity index (χ2v) is 4.83. The van der Waals surface area contributed by atoms with Crippen molar-refractivity contribution in [2.45, 2.75) is 32.6 Å². The molecule has 0 aliphatic carbocycles. The highest BCUT2D eigenvalue weighted by Crippen LogP contribution is 2.26. The maximum Gasteiger partial charge on any atom is 0.342 e. The standard InChI is InChI=1S/C16H20O4/c1-2-3-4-5-10-19-13-8-6-12(7-9-13)15-14(17)11-20-16(15)18/h6-9,17H,2-5,10-11H2,1H3.